The van der Waals surface area contributed by atoms with E-state index in [0.29, 0.717) is 5.56 Å². The lowest BCUT2D eigenvalue weighted by atomic mass is 10.00. The number of carboxylic acid groups (broad SMARTS) is 1. The molecule has 2 aliphatic rings. The number of carbonyl (C=O) groups is 3. The smallest absolute Gasteiger partial charge is 0.328 e. The lowest BCUT2D eigenvalue weighted by Crippen LogP contribution is -2.57. The predicted octanol–water partition coefficient (Wildman–Crippen LogP) is 0.985. The number of hydrogen-bond donors (Lipinski definition) is 3. The molecule has 2 amide bonds. The van der Waals surface area contributed by atoms with Crippen LogP contribution in [0.25, 0.3) is 0 Å². The van der Waals surface area contributed by atoms with E-state index in [1.165, 1.54) is 23.6 Å². The van der Waals surface area contributed by atoms with E-state index in [-0.39, 0.29) is 11.3 Å². The molecule has 8 heteroatoms. The number of hydrogen-bond acceptors (Lipinski definition) is 5. The highest BCUT2D eigenvalue weighted by molar-refractivity contribution is 8.01. The number of nitrogens with zero attached hydrogens (tertiary/aromatic N) is 1. The Bertz CT molecular complexity index is 748. The summed E-state index contributed by atoms with van der Waals surface area (Å²) in [6, 6.07) is 4.98. The molecule has 2 aliphatic heterocycles. The van der Waals surface area contributed by atoms with Crippen LogP contribution in [0.3, 0.4) is 0 Å². The van der Waals surface area contributed by atoms with E-state index in [0.717, 1.165) is 5.56 Å². The maximum Gasteiger partial charge on any atom is 0.328 e. The van der Waals surface area contributed by atoms with Crippen LogP contribution in [-0.4, -0.2) is 55.8 Å². The summed E-state index contributed by atoms with van der Waals surface area (Å²) in [6.45, 7) is 5.01. The van der Waals surface area contributed by atoms with Crippen LogP contribution in [-0.2, 0) is 9.59 Å². The monoisotopic (exact) mass is 364 g/mol. The van der Waals surface area contributed by atoms with Gasteiger partial charge in [-0.05, 0) is 32.4 Å². The second-order valence-corrected chi connectivity index (χ2v) is 8.58. The third kappa shape index (κ3) is 2.79. The van der Waals surface area contributed by atoms with Crippen LogP contribution in [0.4, 0.5) is 0 Å². The molecule has 0 unspecified atom stereocenters. The van der Waals surface area contributed by atoms with E-state index < -0.39 is 34.8 Å². The molecular formula is C17H20N2O5S. The molecule has 0 spiro atoms. The average molecular weight is 364 g/mol. The highest BCUT2D eigenvalue weighted by atomic mass is 32.2. The van der Waals surface area contributed by atoms with Crippen molar-refractivity contribution in [2.45, 2.75) is 49.1 Å². The number of fused-ring (bicyclic) bond motifs is 3. The van der Waals surface area contributed by atoms with E-state index in [1.54, 1.807) is 12.1 Å². The van der Waals surface area contributed by atoms with Crippen molar-refractivity contribution in [1.29, 1.82) is 0 Å². The number of amides is 2. The Kier molecular flexibility index (Phi) is 4.28. The van der Waals surface area contributed by atoms with E-state index in [4.69, 9.17) is 0 Å². The minimum atomic E-state index is -1.42. The van der Waals surface area contributed by atoms with Crippen LogP contribution in [0.2, 0.25) is 0 Å². The molecule has 2 heterocycles. The van der Waals surface area contributed by atoms with E-state index in [9.17, 15) is 24.6 Å². The molecule has 3 rings (SSSR count). The van der Waals surface area contributed by atoms with Crippen molar-refractivity contribution in [2.75, 3.05) is 0 Å². The van der Waals surface area contributed by atoms with Gasteiger partial charge in [0.1, 0.15) is 11.4 Å². The summed E-state index contributed by atoms with van der Waals surface area (Å²) < 4.78 is -0.598. The molecule has 4 atom stereocenters. The number of rotatable bonds is 4. The van der Waals surface area contributed by atoms with Crippen LogP contribution in [0.15, 0.2) is 24.3 Å². The summed E-state index contributed by atoms with van der Waals surface area (Å²) in [7, 11) is 0. The SMILES string of the molecule is C[C@H](O)[C@H](NC(=O)[C@@H]1N2C(=O)c3ccccc3[C@H]2SC1(C)C)C(=O)O. The van der Waals surface area contributed by atoms with Gasteiger partial charge in [-0.3, -0.25) is 9.59 Å². The maximum absolute atomic E-state index is 12.8. The largest absolute Gasteiger partial charge is 0.480 e. The Morgan fingerprint density at radius 2 is 1.96 bits per heavy atom. The van der Waals surface area contributed by atoms with Crippen LogP contribution in [0, 0.1) is 0 Å². The zero-order valence-corrected chi connectivity index (χ0v) is 14.9. The quantitative estimate of drug-likeness (QED) is 0.735. The fourth-order valence-corrected chi connectivity index (χ4v) is 5.01. The highest BCUT2D eigenvalue weighted by Gasteiger charge is 2.57. The minimum absolute atomic E-state index is 0.234. The molecule has 3 N–H and O–H groups in total. The normalized spacial score (nSPS) is 25.9. The van der Waals surface area contributed by atoms with Gasteiger partial charge in [-0.15, -0.1) is 11.8 Å². The first-order valence-corrected chi connectivity index (χ1v) is 8.84. The standard InChI is InChI=1S/C17H20N2O5S/c1-8(20)11(16(23)24)18-13(21)12-17(2,3)25-15-10-7-5-4-6-9(10)14(22)19(12)15/h4-8,11-12,15,20H,1-3H3,(H,18,21)(H,23,24)/t8-,11-,12-,15+/m0/s1. The molecule has 25 heavy (non-hydrogen) atoms. The minimum Gasteiger partial charge on any atom is -0.480 e. The molecule has 1 saturated heterocycles. The zero-order valence-electron chi connectivity index (χ0n) is 14.1. The first-order chi connectivity index (χ1) is 11.6. The Morgan fingerprint density at radius 1 is 1.32 bits per heavy atom. The van der Waals surface area contributed by atoms with Gasteiger partial charge in [-0.25, -0.2) is 4.79 Å². The van der Waals surface area contributed by atoms with Crippen LogP contribution in [0.5, 0.6) is 0 Å². The fourth-order valence-electron chi connectivity index (χ4n) is 3.43. The summed E-state index contributed by atoms with van der Waals surface area (Å²) in [4.78, 5) is 38.4. The van der Waals surface area contributed by atoms with Crippen molar-refractivity contribution in [1.82, 2.24) is 10.2 Å². The van der Waals surface area contributed by atoms with E-state index >= 15 is 0 Å². The van der Waals surface area contributed by atoms with E-state index in [2.05, 4.69) is 5.32 Å². The Balaban J connectivity index is 1.93. The molecule has 134 valence electrons. The third-order valence-corrected chi connectivity index (χ3v) is 6.13. The number of aliphatic carboxylic acids is 1. The molecule has 0 aromatic heterocycles. The Labute approximate surface area is 149 Å². The number of carboxylic acids is 1. The van der Waals surface area contributed by atoms with Gasteiger partial charge in [-0.2, -0.15) is 0 Å². The second-order valence-electron chi connectivity index (χ2n) is 6.84. The number of nitrogens with one attached hydrogen (secondary N) is 1. The summed E-state index contributed by atoms with van der Waals surface area (Å²) >= 11 is 1.50. The highest BCUT2D eigenvalue weighted by Crippen LogP contribution is 2.56. The number of benzene rings is 1. The topological polar surface area (TPSA) is 107 Å². The maximum atomic E-state index is 12.8. The number of thioether (sulfide) groups is 1. The number of aliphatic hydroxyl groups excluding tert-OH is 1. The lowest BCUT2D eigenvalue weighted by molar-refractivity contribution is -0.145. The number of aliphatic hydroxyl groups is 1. The molecule has 1 aromatic rings. The summed E-state index contributed by atoms with van der Waals surface area (Å²) in [5, 5.41) is 20.9. The Hall–Kier alpha value is -2.06. The third-order valence-electron chi connectivity index (χ3n) is 4.59. The zero-order chi connectivity index (χ0) is 18.5. The molecule has 0 saturated carbocycles. The molecule has 0 radical (unpaired) electrons. The van der Waals surface area contributed by atoms with Crippen molar-refractivity contribution in [3.63, 3.8) is 0 Å². The first kappa shape index (κ1) is 17.8. The second kappa shape index (κ2) is 6.03. The van der Waals surface area contributed by atoms with Crippen LogP contribution < -0.4 is 5.32 Å². The predicted molar refractivity (Wildman–Crippen MR) is 92.1 cm³/mol. The van der Waals surface area contributed by atoms with Gasteiger partial charge in [0, 0.05) is 10.3 Å². The van der Waals surface area contributed by atoms with Crippen LogP contribution in [0.1, 0.15) is 42.1 Å². The summed E-state index contributed by atoms with van der Waals surface area (Å²) in [6.07, 6.45) is -1.25. The average Bonchev–Trinajstić information content (AvgIpc) is 2.95. The fraction of sp³-hybridized carbons (Fsp3) is 0.471. The molecule has 1 aromatic carbocycles. The van der Waals surface area contributed by atoms with Crippen LogP contribution >= 0.6 is 11.8 Å². The Morgan fingerprint density at radius 3 is 2.56 bits per heavy atom. The van der Waals surface area contributed by atoms with Gasteiger partial charge in [0.15, 0.2) is 6.04 Å². The van der Waals surface area contributed by atoms with Gasteiger partial charge >= 0.3 is 5.97 Å². The molecule has 1 fully saturated rings. The molecule has 7 nitrogen and oxygen atoms in total. The van der Waals surface area contributed by atoms with Gasteiger partial charge < -0.3 is 20.4 Å². The molecular weight excluding hydrogens is 344 g/mol. The number of carbonyl (C=O) groups excluding carboxylic acids is 2. The molecule has 0 bridgehead atoms. The van der Waals surface area contributed by atoms with Crippen molar-refractivity contribution < 1.29 is 24.6 Å². The van der Waals surface area contributed by atoms with Gasteiger partial charge in [0.25, 0.3) is 5.91 Å². The van der Waals surface area contributed by atoms with Crippen molar-refractivity contribution in [3.8, 4) is 0 Å². The molecule has 0 aliphatic carbocycles. The van der Waals surface area contributed by atoms with Crippen molar-refractivity contribution in [2.24, 2.45) is 0 Å². The van der Waals surface area contributed by atoms with Crippen molar-refractivity contribution in [3.05, 3.63) is 35.4 Å². The summed E-state index contributed by atoms with van der Waals surface area (Å²) in [5.41, 5.74) is 1.43. The van der Waals surface area contributed by atoms with Gasteiger partial charge in [0.2, 0.25) is 5.91 Å². The summed E-state index contributed by atoms with van der Waals surface area (Å²) in [5.74, 6) is -2.13. The van der Waals surface area contributed by atoms with Gasteiger partial charge in [-0.1, -0.05) is 18.2 Å². The lowest BCUT2D eigenvalue weighted by Gasteiger charge is -2.31. The van der Waals surface area contributed by atoms with E-state index in [1.807, 2.05) is 26.0 Å². The van der Waals surface area contributed by atoms with Crippen molar-refractivity contribution >= 4 is 29.5 Å². The van der Waals surface area contributed by atoms with Gasteiger partial charge in [0.05, 0.1) is 6.10 Å². The first-order valence-electron chi connectivity index (χ1n) is 7.96.